The van der Waals surface area contributed by atoms with Gasteiger partial charge in [0.1, 0.15) is 11.5 Å². The van der Waals surface area contributed by atoms with Gasteiger partial charge in [-0.3, -0.25) is 4.79 Å². The van der Waals surface area contributed by atoms with Gasteiger partial charge in [-0.15, -0.1) is 0 Å². The van der Waals surface area contributed by atoms with Gasteiger partial charge in [0, 0.05) is 43.6 Å². The topological polar surface area (TPSA) is 91.8 Å². The van der Waals surface area contributed by atoms with Crippen LogP contribution in [0.25, 0.3) is 0 Å². The number of ether oxygens (including phenoxy) is 1. The summed E-state index contributed by atoms with van der Waals surface area (Å²) in [6.45, 7) is 3.72. The van der Waals surface area contributed by atoms with E-state index in [0.29, 0.717) is 31.3 Å². The highest BCUT2D eigenvalue weighted by Crippen LogP contribution is 2.24. The summed E-state index contributed by atoms with van der Waals surface area (Å²) in [5.41, 5.74) is 1.45. The molecule has 0 atom stereocenters. The Morgan fingerprint density at radius 3 is 2.50 bits per heavy atom. The molecule has 0 radical (unpaired) electrons. The highest BCUT2D eigenvalue weighted by molar-refractivity contribution is 7.89. The molecule has 0 bridgehead atoms. The van der Waals surface area contributed by atoms with Crippen molar-refractivity contribution in [3.8, 4) is 5.88 Å². The summed E-state index contributed by atoms with van der Waals surface area (Å²) in [6, 6.07) is 15.4. The number of carbonyl (C=O) groups excluding carboxylic acids is 1. The molecule has 2 heterocycles. The number of hydrogen-bond acceptors (Lipinski definition) is 6. The zero-order valence-electron chi connectivity index (χ0n) is 18.6. The fourth-order valence-corrected chi connectivity index (χ4v) is 5.19. The second-order valence-corrected chi connectivity index (χ2v) is 9.58. The molecule has 0 saturated carbocycles. The van der Waals surface area contributed by atoms with E-state index in [0.717, 1.165) is 5.69 Å². The van der Waals surface area contributed by atoms with Gasteiger partial charge < -0.3 is 15.0 Å². The molecule has 3 aromatic rings. The summed E-state index contributed by atoms with van der Waals surface area (Å²) < 4.78 is 46.5. The van der Waals surface area contributed by atoms with Crippen molar-refractivity contribution in [3.63, 3.8) is 0 Å². The van der Waals surface area contributed by atoms with E-state index >= 15 is 0 Å². The number of pyridine rings is 1. The van der Waals surface area contributed by atoms with E-state index in [9.17, 15) is 17.6 Å². The van der Waals surface area contributed by atoms with Crippen molar-refractivity contribution >= 4 is 27.3 Å². The smallest absolute Gasteiger partial charge is 0.255 e. The fourth-order valence-electron chi connectivity index (χ4n) is 3.72. The average Bonchev–Trinajstić information content (AvgIpc) is 2.86. The number of benzene rings is 2. The van der Waals surface area contributed by atoms with Crippen molar-refractivity contribution < 1.29 is 22.3 Å². The first kappa shape index (κ1) is 23.7. The highest BCUT2D eigenvalue weighted by Gasteiger charge is 2.29. The van der Waals surface area contributed by atoms with E-state index in [1.54, 1.807) is 42.6 Å². The summed E-state index contributed by atoms with van der Waals surface area (Å²) >= 11 is 0. The minimum Gasteiger partial charge on any atom is -0.476 e. The van der Waals surface area contributed by atoms with Crippen molar-refractivity contribution in [1.29, 1.82) is 0 Å². The monoisotopic (exact) mass is 484 g/mol. The number of halogens is 1. The van der Waals surface area contributed by atoms with Gasteiger partial charge in [-0.1, -0.05) is 6.07 Å². The number of nitrogens with zero attached hydrogens (tertiary/aromatic N) is 3. The van der Waals surface area contributed by atoms with Crippen LogP contribution in [0.15, 0.2) is 71.8 Å². The van der Waals surface area contributed by atoms with Gasteiger partial charge in [0.25, 0.3) is 5.91 Å². The third-order valence-corrected chi connectivity index (χ3v) is 7.36. The number of rotatable bonds is 7. The number of amides is 1. The third-order valence-electron chi connectivity index (χ3n) is 5.46. The van der Waals surface area contributed by atoms with Crippen LogP contribution in [-0.4, -0.2) is 56.4 Å². The predicted molar refractivity (Wildman–Crippen MR) is 127 cm³/mol. The van der Waals surface area contributed by atoms with E-state index in [2.05, 4.69) is 10.3 Å². The van der Waals surface area contributed by atoms with Crippen LogP contribution in [0.2, 0.25) is 0 Å². The first-order chi connectivity index (χ1) is 16.4. The van der Waals surface area contributed by atoms with E-state index in [1.165, 1.54) is 28.6 Å². The lowest BCUT2D eigenvalue weighted by atomic mass is 10.2. The van der Waals surface area contributed by atoms with Crippen LogP contribution in [0.1, 0.15) is 17.3 Å². The second-order valence-electron chi connectivity index (χ2n) is 7.64. The van der Waals surface area contributed by atoms with E-state index in [4.69, 9.17) is 4.74 Å². The molecule has 1 aliphatic heterocycles. The molecule has 8 nitrogen and oxygen atoms in total. The molecule has 0 aliphatic carbocycles. The minimum absolute atomic E-state index is 0.0478. The number of aromatic nitrogens is 1. The number of piperazine rings is 1. The Bertz CT molecular complexity index is 1260. The van der Waals surface area contributed by atoms with E-state index in [1.807, 2.05) is 11.8 Å². The Morgan fingerprint density at radius 1 is 1.06 bits per heavy atom. The van der Waals surface area contributed by atoms with Crippen LogP contribution in [0.4, 0.5) is 15.8 Å². The molecule has 1 aliphatic rings. The Morgan fingerprint density at radius 2 is 1.79 bits per heavy atom. The van der Waals surface area contributed by atoms with Gasteiger partial charge >= 0.3 is 0 Å². The van der Waals surface area contributed by atoms with E-state index < -0.39 is 15.9 Å². The number of hydrogen-bond donors (Lipinski definition) is 1. The SMILES string of the molecule is CCOc1ncccc1NC(=O)c1cccc(S(=O)(=O)N2CCN(c3ccc(F)cc3)CC2)c1. The Balaban J connectivity index is 1.46. The molecule has 10 heteroatoms. The van der Waals surface area contributed by atoms with E-state index in [-0.39, 0.29) is 29.4 Å². The first-order valence-electron chi connectivity index (χ1n) is 10.9. The standard InChI is InChI=1S/C24H25FN4O4S/c1-2-33-24-22(7-4-12-26-24)27-23(30)18-5-3-6-21(17-18)34(31,32)29-15-13-28(14-16-29)20-10-8-19(25)9-11-20/h3-12,17H,2,13-16H2,1H3,(H,27,30). The van der Waals surface area contributed by atoms with Crippen molar-refractivity contribution in [2.45, 2.75) is 11.8 Å². The van der Waals surface area contributed by atoms with Crippen molar-refractivity contribution in [3.05, 3.63) is 78.2 Å². The first-order valence-corrected chi connectivity index (χ1v) is 12.3. The molecule has 178 valence electrons. The van der Waals surface area contributed by atoms with Gasteiger partial charge in [0.15, 0.2) is 0 Å². The summed E-state index contributed by atoms with van der Waals surface area (Å²) in [5.74, 6) is -0.486. The molecule has 1 amide bonds. The molecule has 2 aromatic carbocycles. The number of nitrogens with one attached hydrogen (secondary N) is 1. The molecule has 34 heavy (non-hydrogen) atoms. The molecular weight excluding hydrogens is 459 g/mol. The maximum Gasteiger partial charge on any atom is 0.255 e. The maximum absolute atomic E-state index is 13.2. The molecule has 1 N–H and O–H groups in total. The fraction of sp³-hybridized carbons (Fsp3) is 0.250. The van der Waals surface area contributed by atoms with Crippen LogP contribution in [0.3, 0.4) is 0 Å². The summed E-state index contributed by atoms with van der Waals surface area (Å²) in [5, 5.41) is 2.73. The molecule has 0 spiro atoms. The van der Waals surface area contributed by atoms with Gasteiger partial charge in [-0.05, 0) is 61.5 Å². The average molecular weight is 485 g/mol. The van der Waals surface area contributed by atoms with Crippen LogP contribution >= 0.6 is 0 Å². The summed E-state index contributed by atoms with van der Waals surface area (Å²) in [6.07, 6.45) is 1.56. The Labute approximate surface area is 198 Å². The minimum atomic E-state index is -3.79. The van der Waals surface area contributed by atoms with Gasteiger partial charge in [-0.2, -0.15) is 4.31 Å². The zero-order valence-corrected chi connectivity index (χ0v) is 19.5. The Hall–Kier alpha value is -3.50. The molecule has 4 rings (SSSR count). The molecule has 1 fully saturated rings. The van der Waals surface area contributed by atoms with Gasteiger partial charge in [0.2, 0.25) is 15.9 Å². The van der Waals surface area contributed by atoms with Crippen molar-refractivity contribution in [2.75, 3.05) is 43.0 Å². The lowest BCUT2D eigenvalue weighted by Crippen LogP contribution is -2.48. The lowest BCUT2D eigenvalue weighted by Gasteiger charge is -2.35. The van der Waals surface area contributed by atoms with Crippen LogP contribution in [-0.2, 0) is 10.0 Å². The number of carbonyl (C=O) groups is 1. The number of anilines is 2. The van der Waals surface area contributed by atoms with Gasteiger partial charge in [0.05, 0.1) is 11.5 Å². The van der Waals surface area contributed by atoms with Crippen molar-refractivity contribution in [1.82, 2.24) is 9.29 Å². The molecule has 1 saturated heterocycles. The van der Waals surface area contributed by atoms with Crippen LogP contribution in [0, 0.1) is 5.82 Å². The van der Waals surface area contributed by atoms with Crippen LogP contribution in [0.5, 0.6) is 5.88 Å². The summed E-state index contributed by atoms with van der Waals surface area (Å²) in [7, 11) is -3.79. The molecular formula is C24H25FN4O4S. The maximum atomic E-state index is 13.2. The molecule has 0 unspecified atom stereocenters. The predicted octanol–water partition coefficient (Wildman–Crippen LogP) is 3.38. The summed E-state index contributed by atoms with van der Waals surface area (Å²) in [4.78, 5) is 19.0. The van der Waals surface area contributed by atoms with Crippen LogP contribution < -0.4 is 15.0 Å². The molecule has 1 aromatic heterocycles. The zero-order chi connectivity index (χ0) is 24.1. The highest BCUT2D eigenvalue weighted by atomic mass is 32.2. The Kier molecular flexibility index (Phi) is 7.09. The quantitative estimate of drug-likeness (QED) is 0.553. The number of sulfonamides is 1. The van der Waals surface area contributed by atoms with Crippen molar-refractivity contribution in [2.24, 2.45) is 0 Å². The third kappa shape index (κ3) is 5.18. The lowest BCUT2D eigenvalue weighted by molar-refractivity contribution is 0.102. The second kappa shape index (κ2) is 10.2. The normalized spacial score (nSPS) is 14.6. The largest absolute Gasteiger partial charge is 0.476 e. The van der Waals surface area contributed by atoms with Gasteiger partial charge in [-0.25, -0.2) is 17.8 Å².